The van der Waals surface area contributed by atoms with E-state index in [9.17, 15) is 13.2 Å². The fourth-order valence-electron chi connectivity index (χ4n) is 0.901. The first-order chi connectivity index (χ1) is 6.07. The summed E-state index contributed by atoms with van der Waals surface area (Å²) in [6.45, 7) is -0.195. The molecule has 1 rings (SSSR count). The second kappa shape index (κ2) is 3.93. The Morgan fingerprint density at radius 3 is 2.62 bits per heavy atom. The number of aromatic nitrogens is 1. The van der Waals surface area contributed by atoms with Gasteiger partial charge < -0.3 is 5.73 Å². The van der Waals surface area contributed by atoms with Gasteiger partial charge in [-0.05, 0) is 0 Å². The van der Waals surface area contributed by atoms with Crippen molar-refractivity contribution in [2.24, 2.45) is 5.73 Å². The Kier molecular flexibility index (Phi) is 3.11. The molecule has 0 aliphatic carbocycles. The summed E-state index contributed by atoms with van der Waals surface area (Å²) in [6.07, 6.45) is -2.09. The van der Waals surface area contributed by atoms with Crippen molar-refractivity contribution in [3.8, 4) is 0 Å². The van der Waals surface area contributed by atoms with Crippen LogP contribution in [0.4, 0.5) is 13.2 Å². The zero-order chi connectivity index (χ0) is 10.0. The second-order valence-electron chi connectivity index (χ2n) is 2.29. The lowest BCUT2D eigenvalue weighted by Crippen LogP contribution is -2.06. The molecule has 0 amide bonds. The molecular weight excluding hydrogens is 205 g/mol. The number of hydrogen-bond donors (Lipinski definition) is 1. The zero-order valence-electron chi connectivity index (χ0n) is 6.40. The third kappa shape index (κ3) is 1.92. The lowest BCUT2D eigenvalue weighted by atomic mass is 10.2. The molecule has 0 unspecified atom stereocenters. The number of hydrogen-bond acceptors (Lipinski definition) is 2. The lowest BCUT2D eigenvalue weighted by molar-refractivity contribution is 0.149. The summed E-state index contributed by atoms with van der Waals surface area (Å²) in [4.78, 5) is 3.41. The molecule has 72 valence electrons. The minimum atomic E-state index is -2.87. The van der Waals surface area contributed by atoms with Crippen LogP contribution in [0.2, 0.25) is 5.02 Å². The summed E-state index contributed by atoms with van der Waals surface area (Å²) >= 11 is 5.32. The molecule has 0 saturated carbocycles. The van der Waals surface area contributed by atoms with Gasteiger partial charge in [-0.25, -0.2) is 13.2 Å². The normalized spacial score (nSPS) is 10.9. The molecule has 6 heteroatoms. The van der Waals surface area contributed by atoms with Crippen molar-refractivity contribution in [3.05, 3.63) is 28.3 Å². The summed E-state index contributed by atoms with van der Waals surface area (Å²) in [6, 6.07) is 0. The lowest BCUT2D eigenvalue weighted by Gasteiger charge is -2.07. The van der Waals surface area contributed by atoms with Gasteiger partial charge in [0.25, 0.3) is 6.43 Å². The van der Waals surface area contributed by atoms with Gasteiger partial charge in [0.05, 0.1) is 22.5 Å². The van der Waals surface area contributed by atoms with Gasteiger partial charge in [-0.1, -0.05) is 11.6 Å². The van der Waals surface area contributed by atoms with Crippen molar-refractivity contribution < 1.29 is 13.2 Å². The van der Waals surface area contributed by atoms with Crippen molar-refractivity contribution >= 4 is 11.6 Å². The Bertz CT molecular complexity index is 317. The van der Waals surface area contributed by atoms with E-state index in [4.69, 9.17) is 17.3 Å². The smallest absolute Gasteiger partial charge is 0.267 e. The molecule has 0 aliphatic rings. The first-order valence-corrected chi connectivity index (χ1v) is 3.76. The quantitative estimate of drug-likeness (QED) is 0.813. The Labute approximate surface area is 77.5 Å². The Balaban J connectivity index is 3.32. The maximum atomic E-state index is 12.7. The van der Waals surface area contributed by atoms with E-state index in [0.29, 0.717) is 0 Å². The van der Waals surface area contributed by atoms with Crippen LogP contribution in [0.1, 0.15) is 17.7 Å². The summed E-state index contributed by atoms with van der Waals surface area (Å²) < 4.78 is 37.3. The van der Waals surface area contributed by atoms with Gasteiger partial charge in [0.1, 0.15) is 0 Å². The molecule has 0 spiro atoms. The number of nitrogens with two attached hydrogens (primary N) is 1. The van der Waals surface area contributed by atoms with Gasteiger partial charge in [-0.2, -0.15) is 0 Å². The third-order valence-electron chi connectivity index (χ3n) is 1.50. The number of nitrogens with zero attached hydrogens (tertiary/aromatic N) is 1. The molecule has 1 aromatic rings. The van der Waals surface area contributed by atoms with Crippen molar-refractivity contribution in [3.63, 3.8) is 0 Å². The molecule has 0 aliphatic heterocycles. The molecule has 0 fully saturated rings. The highest BCUT2D eigenvalue weighted by molar-refractivity contribution is 6.31. The minimum absolute atomic E-state index is 0.0820. The van der Waals surface area contributed by atoms with E-state index in [1.807, 2.05) is 0 Å². The van der Waals surface area contributed by atoms with Gasteiger partial charge in [0.15, 0.2) is 5.82 Å². The molecule has 1 heterocycles. The topological polar surface area (TPSA) is 38.9 Å². The standard InChI is InChI=1S/C7H6ClF3N2/c8-6-3(9)2-13-4(1-12)5(6)7(10)11/h2,7H,1,12H2. The number of alkyl halides is 2. The summed E-state index contributed by atoms with van der Waals surface area (Å²) in [5.74, 6) is -0.964. The zero-order valence-corrected chi connectivity index (χ0v) is 7.15. The van der Waals surface area contributed by atoms with Crippen LogP contribution >= 0.6 is 11.6 Å². The molecule has 2 nitrogen and oxygen atoms in total. The van der Waals surface area contributed by atoms with Crippen molar-refractivity contribution in [2.75, 3.05) is 0 Å². The highest BCUT2D eigenvalue weighted by Gasteiger charge is 2.20. The average molecular weight is 211 g/mol. The van der Waals surface area contributed by atoms with Crippen LogP contribution in [0.5, 0.6) is 0 Å². The maximum absolute atomic E-state index is 12.7. The molecule has 2 N–H and O–H groups in total. The Morgan fingerprint density at radius 2 is 2.15 bits per heavy atom. The van der Waals surface area contributed by atoms with Crippen LogP contribution in [0.25, 0.3) is 0 Å². The van der Waals surface area contributed by atoms with E-state index in [0.717, 1.165) is 6.20 Å². The van der Waals surface area contributed by atoms with Crippen LogP contribution in [0.3, 0.4) is 0 Å². The van der Waals surface area contributed by atoms with E-state index < -0.39 is 22.8 Å². The van der Waals surface area contributed by atoms with Crippen LogP contribution in [-0.4, -0.2) is 4.98 Å². The van der Waals surface area contributed by atoms with Gasteiger partial charge in [-0.15, -0.1) is 0 Å². The molecule has 0 saturated heterocycles. The van der Waals surface area contributed by atoms with Crippen LogP contribution in [0, 0.1) is 5.82 Å². The third-order valence-corrected chi connectivity index (χ3v) is 1.89. The molecular formula is C7H6ClF3N2. The molecule has 0 radical (unpaired) electrons. The van der Waals surface area contributed by atoms with Gasteiger partial charge in [-0.3, -0.25) is 4.98 Å². The fourth-order valence-corrected chi connectivity index (χ4v) is 1.14. The van der Waals surface area contributed by atoms with Crippen molar-refractivity contribution in [1.29, 1.82) is 0 Å². The average Bonchev–Trinajstić information content (AvgIpc) is 2.08. The number of halogens is 4. The fraction of sp³-hybridized carbons (Fsp3) is 0.286. The van der Waals surface area contributed by atoms with Gasteiger partial charge >= 0.3 is 0 Å². The second-order valence-corrected chi connectivity index (χ2v) is 2.66. The maximum Gasteiger partial charge on any atom is 0.267 e. The largest absolute Gasteiger partial charge is 0.325 e. The summed E-state index contributed by atoms with van der Waals surface area (Å²) in [5.41, 5.74) is 4.43. The van der Waals surface area contributed by atoms with Crippen LogP contribution in [-0.2, 0) is 6.54 Å². The number of pyridine rings is 1. The van der Waals surface area contributed by atoms with E-state index in [1.54, 1.807) is 0 Å². The predicted octanol–water partition coefficient (Wildman–Crippen LogP) is 2.27. The van der Waals surface area contributed by atoms with Gasteiger partial charge in [0.2, 0.25) is 0 Å². The molecule has 0 aromatic carbocycles. The molecule has 0 bridgehead atoms. The van der Waals surface area contributed by atoms with E-state index in [2.05, 4.69) is 4.98 Å². The number of rotatable bonds is 2. The van der Waals surface area contributed by atoms with Crippen LogP contribution < -0.4 is 5.73 Å². The first kappa shape index (κ1) is 10.3. The van der Waals surface area contributed by atoms with E-state index >= 15 is 0 Å². The monoisotopic (exact) mass is 210 g/mol. The van der Waals surface area contributed by atoms with Crippen molar-refractivity contribution in [2.45, 2.75) is 13.0 Å². The molecule has 0 atom stereocenters. The molecule has 13 heavy (non-hydrogen) atoms. The Morgan fingerprint density at radius 1 is 1.54 bits per heavy atom. The van der Waals surface area contributed by atoms with Crippen LogP contribution in [0.15, 0.2) is 6.20 Å². The predicted molar refractivity (Wildman–Crippen MR) is 42.1 cm³/mol. The highest BCUT2D eigenvalue weighted by Crippen LogP contribution is 2.30. The first-order valence-electron chi connectivity index (χ1n) is 3.39. The highest BCUT2D eigenvalue weighted by atomic mass is 35.5. The van der Waals surface area contributed by atoms with Crippen molar-refractivity contribution in [1.82, 2.24) is 4.98 Å². The molecule has 1 aromatic heterocycles. The van der Waals surface area contributed by atoms with E-state index in [-0.39, 0.29) is 12.2 Å². The summed E-state index contributed by atoms with van der Waals surface area (Å²) in [5, 5.41) is -0.606. The SMILES string of the molecule is NCc1ncc(F)c(Cl)c1C(F)F. The van der Waals surface area contributed by atoms with Gasteiger partial charge in [0, 0.05) is 6.54 Å². The van der Waals surface area contributed by atoms with E-state index in [1.165, 1.54) is 0 Å². The Hall–Kier alpha value is -0.810. The summed E-state index contributed by atoms with van der Waals surface area (Å²) in [7, 11) is 0. The minimum Gasteiger partial charge on any atom is -0.325 e.